The van der Waals surface area contributed by atoms with Gasteiger partial charge in [-0.2, -0.15) is 0 Å². The number of nitrogens with one attached hydrogen (secondary N) is 1. The summed E-state index contributed by atoms with van der Waals surface area (Å²) in [6.07, 6.45) is 9.78. The Bertz CT molecular complexity index is 229. The van der Waals surface area contributed by atoms with Gasteiger partial charge in [0, 0.05) is 12.1 Å². The summed E-state index contributed by atoms with van der Waals surface area (Å²) in [6.45, 7) is 7.45. The van der Waals surface area contributed by atoms with E-state index in [9.17, 15) is 0 Å². The van der Waals surface area contributed by atoms with Crippen LogP contribution in [0.25, 0.3) is 0 Å². The number of likely N-dealkylation sites (N-methyl/N-ethyl adjacent to an activating group) is 1. The number of rotatable bonds is 4. The third-order valence-corrected chi connectivity index (χ3v) is 5.57. The highest BCUT2D eigenvalue weighted by Crippen LogP contribution is 2.43. The molecule has 1 aliphatic carbocycles. The summed E-state index contributed by atoms with van der Waals surface area (Å²) in [5, 5.41) is 3.61. The van der Waals surface area contributed by atoms with Gasteiger partial charge in [-0.05, 0) is 57.7 Å². The molecule has 2 atom stereocenters. The number of hydrogen-bond donors (Lipinski definition) is 1. The molecule has 100 valence electrons. The molecule has 0 radical (unpaired) electrons. The van der Waals surface area contributed by atoms with E-state index in [1.165, 1.54) is 58.0 Å². The van der Waals surface area contributed by atoms with Gasteiger partial charge in [-0.3, -0.25) is 4.90 Å². The number of hydrogen-bond acceptors (Lipinski definition) is 2. The van der Waals surface area contributed by atoms with Crippen molar-refractivity contribution in [1.29, 1.82) is 0 Å². The fraction of sp³-hybridized carbons (Fsp3) is 1.00. The summed E-state index contributed by atoms with van der Waals surface area (Å²) < 4.78 is 0. The summed E-state index contributed by atoms with van der Waals surface area (Å²) in [5.74, 6) is 0. The lowest BCUT2D eigenvalue weighted by molar-refractivity contribution is 0.0646. The van der Waals surface area contributed by atoms with E-state index in [1.807, 2.05) is 0 Å². The molecule has 0 aromatic carbocycles. The highest BCUT2D eigenvalue weighted by atomic mass is 15.2. The van der Waals surface area contributed by atoms with E-state index in [2.05, 4.69) is 31.1 Å². The van der Waals surface area contributed by atoms with Crippen LogP contribution in [0.15, 0.2) is 0 Å². The Labute approximate surface area is 107 Å². The zero-order valence-corrected chi connectivity index (χ0v) is 12.0. The first kappa shape index (κ1) is 13.4. The predicted octanol–water partition coefficient (Wildman–Crippen LogP) is 3.03. The molecule has 1 N–H and O–H groups in total. The Balaban J connectivity index is 2.02. The molecule has 0 aromatic heterocycles. The minimum absolute atomic E-state index is 0.629. The lowest BCUT2D eigenvalue weighted by Gasteiger charge is -2.47. The predicted molar refractivity (Wildman–Crippen MR) is 74.3 cm³/mol. The van der Waals surface area contributed by atoms with Crippen LogP contribution in [0.5, 0.6) is 0 Å². The molecule has 1 aliphatic heterocycles. The van der Waals surface area contributed by atoms with Gasteiger partial charge in [0.15, 0.2) is 0 Å². The summed E-state index contributed by atoms with van der Waals surface area (Å²) in [5.41, 5.74) is 0.629. The fourth-order valence-corrected chi connectivity index (χ4v) is 4.06. The van der Waals surface area contributed by atoms with Gasteiger partial charge in [0.2, 0.25) is 0 Å². The first-order valence-electron chi connectivity index (χ1n) is 7.66. The quantitative estimate of drug-likeness (QED) is 0.810. The molecule has 0 spiro atoms. The van der Waals surface area contributed by atoms with Crippen LogP contribution in [-0.4, -0.2) is 37.1 Å². The van der Waals surface area contributed by atoms with Crippen LogP contribution in [0.3, 0.4) is 0 Å². The lowest BCUT2D eigenvalue weighted by Crippen LogP contribution is -2.53. The molecule has 2 heteroatoms. The third-order valence-electron chi connectivity index (χ3n) is 5.57. The van der Waals surface area contributed by atoms with Gasteiger partial charge in [0.1, 0.15) is 0 Å². The standard InChI is InChI=1S/C15H30N2/c1-4-15(5-2)9-8-14(13(12-15)16-3)17-10-6-7-11-17/h13-14,16H,4-12H2,1-3H3/t13-,14-/m1/s1. The molecular formula is C15H30N2. The highest BCUT2D eigenvalue weighted by Gasteiger charge is 2.40. The molecule has 1 heterocycles. The van der Waals surface area contributed by atoms with Crippen LogP contribution in [0.4, 0.5) is 0 Å². The zero-order chi connectivity index (χ0) is 12.3. The smallest absolute Gasteiger partial charge is 0.0249 e. The van der Waals surface area contributed by atoms with Gasteiger partial charge in [0.05, 0.1) is 0 Å². The maximum absolute atomic E-state index is 3.61. The van der Waals surface area contributed by atoms with Crippen LogP contribution in [0, 0.1) is 5.41 Å². The van der Waals surface area contributed by atoms with E-state index in [4.69, 9.17) is 0 Å². The topological polar surface area (TPSA) is 15.3 Å². The Hall–Kier alpha value is -0.0800. The van der Waals surface area contributed by atoms with E-state index in [0.29, 0.717) is 5.41 Å². The van der Waals surface area contributed by atoms with Gasteiger partial charge in [-0.25, -0.2) is 0 Å². The molecular weight excluding hydrogens is 208 g/mol. The first-order chi connectivity index (χ1) is 8.24. The molecule has 2 nitrogen and oxygen atoms in total. The van der Waals surface area contributed by atoms with Crippen molar-refractivity contribution in [2.24, 2.45) is 5.41 Å². The summed E-state index contributed by atoms with van der Waals surface area (Å²) >= 11 is 0. The summed E-state index contributed by atoms with van der Waals surface area (Å²) in [7, 11) is 2.16. The molecule has 1 saturated heterocycles. The molecule has 0 bridgehead atoms. The largest absolute Gasteiger partial charge is 0.315 e. The van der Waals surface area contributed by atoms with Gasteiger partial charge in [0.25, 0.3) is 0 Å². The average molecular weight is 238 g/mol. The van der Waals surface area contributed by atoms with E-state index >= 15 is 0 Å². The Morgan fingerprint density at radius 2 is 1.82 bits per heavy atom. The maximum atomic E-state index is 3.61. The molecule has 17 heavy (non-hydrogen) atoms. The second kappa shape index (κ2) is 5.71. The number of nitrogens with zero attached hydrogens (tertiary/aromatic N) is 1. The summed E-state index contributed by atoms with van der Waals surface area (Å²) in [4.78, 5) is 2.75. The maximum Gasteiger partial charge on any atom is 0.0249 e. The molecule has 1 saturated carbocycles. The van der Waals surface area contributed by atoms with Gasteiger partial charge < -0.3 is 5.32 Å². The van der Waals surface area contributed by atoms with E-state index in [1.54, 1.807) is 0 Å². The van der Waals surface area contributed by atoms with Crippen molar-refractivity contribution in [2.45, 2.75) is 70.9 Å². The molecule has 0 unspecified atom stereocenters. The molecule has 2 aliphatic rings. The van der Waals surface area contributed by atoms with E-state index < -0.39 is 0 Å². The van der Waals surface area contributed by atoms with Crippen molar-refractivity contribution in [2.75, 3.05) is 20.1 Å². The highest BCUT2D eigenvalue weighted by molar-refractivity contribution is 4.97. The first-order valence-corrected chi connectivity index (χ1v) is 7.66. The zero-order valence-electron chi connectivity index (χ0n) is 12.0. The Morgan fingerprint density at radius 1 is 1.18 bits per heavy atom. The van der Waals surface area contributed by atoms with Crippen molar-refractivity contribution < 1.29 is 0 Å². The SMILES string of the molecule is CCC1(CC)CC[C@@H](N2CCCC2)[C@H](NC)C1. The average Bonchev–Trinajstić information content (AvgIpc) is 2.91. The van der Waals surface area contributed by atoms with Crippen molar-refractivity contribution in [3.8, 4) is 0 Å². The number of likely N-dealkylation sites (tertiary alicyclic amines) is 1. The van der Waals surface area contributed by atoms with Gasteiger partial charge in [-0.1, -0.05) is 26.7 Å². The van der Waals surface area contributed by atoms with Gasteiger partial charge in [-0.15, -0.1) is 0 Å². The second-order valence-corrected chi connectivity index (χ2v) is 6.16. The van der Waals surface area contributed by atoms with Crippen LogP contribution in [0.1, 0.15) is 58.8 Å². The fourth-order valence-electron chi connectivity index (χ4n) is 4.06. The van der Waals surface area contributed by atoms with Crippen LogP contribution < -0.4 is 5.32 Å². The van der Waals surface area contributed by atoms with Crippen LogP contribution in [0.2, 0.25) is 0 Å². The second-order valence-electron chi connectivity index (χ2n) is 6.16. The molecule has 0 aromatic rings. The normalized spacial score (nSPS) is 34.1. The van der Waals surface area contributed by atoms with Crippen molar-refractivity contribution >= 4 is 0 Å². The minimum atomic E-state index is 0.629. The third kappa shape index (κ3) is 2.68. The van der Waals surface area contributed by atoms with Crippen molar-refractivity contribution in [1.82, 2.24) is 10.2 Å². The van der Waals surface area contributed by atoms with E-state index in [-0.39, 0.29) is 0 Å². The summed E-state index contributed by atoms with van der Waals surface area (Å²) in [6, 6.07) is 1.54. The molecule has 2 rings (SSSR count). The van der Waals surface area contributed by atoms with Crippen LogP contribution >= 0.6 is 0 Å². The van der Waals surface area contributed by atoms with Crippen molar-refractivity contribution in [3.63, 3.8) is 0 Å². The Morgan fingerprint density at radius 3 is 2.35 bits per heavy atom. The molecule has 2 fully saturated rings. The molecule has 0 amide bonds. The van der Waals surface area contributed by atoms with Crippen molar-refractivity contribution in [3.05, 3.63) is 0 Å². The minimum Gasteiger partial charge on any atom is -0.315 e. The Kier molecular flexibility index (Phi) is 4.48. The van der Waals surface area contributed by atoms with E-state index in [0.717, 1.165) is 12.1 Å². The van der Waals surface area contributed by atoms with Gasteiger partial charge >= 0.3 is 0 Å². The van der Waals surface area contributed by atoms with Crippen LogP contribution in [-0.2, 0) is 0 Å². The lowest BCUT2D eigenvalue weighted by atomic mass is 9.67. The monoisotopic (exact) mass is 238 g/mol.